The second kappa shape index (κ2) is 4.00. The maximum atomic E-state index is 12.4. The Kier molecular flexibility index (Phi) is 3.16. The Hall–Kier alpha value is -1.03. The van der Waals surface area contributed by atoms with E-state index in [1.807, 2.05) is 0 Å². The van der Waals surface area contributed by atoms with E-state index in [0.717, 1.165) is 6.07 Å². The molecule has 0 aliphatic heterocycles. The lowest BCUT2D eigenvalue weighted by Gasteiger charge is -2.03. The minimum Gasteiger partial charge on any atom is -0.288 e. The molecule has 1 aromatic rings. The normalized spacial score (nSPS) is 13.1. The fourth-order valence-corrected chi connectivity index (χ4v) is 1.11. The summed E-state index contributed by atoms with van der Waals surface area (Å²) in [6.07, 6.45) is -4.41. The second-order valence-corrected chi connectivity index (χ2v) is 3.01. The first kappa shape index (κ1) is 11.0. The molecule has 0 fully saturated rings. The first-order chi connectivity index (χ1) is 6.45. The lowest BCUT2D eigenvalue weighted by molar-refractivity contribution is -0.138. The summed E-state index contributed by atoms with van der Waals surface area (Å²) < 4.78 is 37.3. The zero-order valence-corrected chi connectivity index (χ0v) is 8.02. The van der Waals surface area contributed by atoms with Gasteiger partial charge < -0.3 is 0 Å². The average molecular weight is 222 g/mol. The maximum Gasteiger partial charge on any atom is 0.418 e. The zero-order valence-electron chi connectivity index (χ0n) is 7.27. The molecule has 76 valence electrons. The van der Waals surface area contributed by atoms with Gasteiger partial charge in [-0.3, -0.25) is 4.99 Å². The molecule has 1 nitrogen and oxygen atoms in total. The van der Waals surface area contributed by atoms with Crippen LogP contribution in [-0.4, -0.2) is 7.05 Å². The third kappa shape index (κ3) is 2.48. The van der Waals surface area contributed by atoms with Crippen LogP contribution in [0.15, 0.2) is 29.3 Å². The van der Waals surface area contributed by atoms with Gasteiger partial charge in [0.05, 0.1) is 10.9 Å². The largest absolute Gasteiger partial charge is 0.418 e. The molecule has 1 rings (SSSR count). The molecule has 5 heteroatoms. The van der Waals surface area contributed by atoms with E-state index < -0.39 is 11.7 Å². The molecule has 0 bridgehead atoms. The summed E-state index contributed by atoms with van der Waals surface area (Å²) in [6.45, 7) is 0. The van der Waals surface area contributed by atoms with Crippen LogP contribution in [0.4, 0.5) is 13.2 Å². The van der Waals surface area contributed by atoms with E-state index in [1.165, 1.54) is 25.2 Å². The highest BCUT2D eigenvalue weighted by molar-refractivity contribution is 6.30. The van der Waals surface area contributed by atoms with Crippen LogP contribution in [0.5, 0.6) is 0 Å². The average Bonchev–Trinajstić information content (AvgIpc) is 2.25. The van der Waals surface area contributed by atoms with Gasteiger partial charge in [-0.1, -0.05) is 11.6 Å². The van der Waals surface area contributed by atoms with Gasteiger partial charge in [0, 0.05) is 12.1 Å². The predicted molar refractivity (Wildman–Crippen MR) is 47.9 cm³/mol. The highest BCUT2D eigenvalue weighted by atomic mass is 35.5. The van der Waals surface area contributed by atoms with E-state index in [9.17, 15) is 13.2 Å². The van der Waals surface area contributed by atoms with E-state index >= 15 is 0 Å². The van der Waals surface area contributed by atoms with Gasteiger partial charge in [-0.25, -0.2) is 0 Å². The van der Waals surface area contributed by atoms with Crippen LogP contribution >= 0.6 is 11.6 Å². The topological polar surface area (TPSA) is 12.4 Å². The zero-order chi connectivity index (χ0) is 10.8. The number of hydrogen-bond acceptors (Lipinski definition) is 1. The fourth-order valence-electron chi connectivity index (χ4n) is 0.987. The summed E-state index contributed by atoms with van der Waals surface area (Å²) in [5, 5.41) is 0.120. The second-order valence-electron chi connectivity index (χ2n) is 2.57. The van der Waals surface area contributed by atoms with Gasteiger partial charge in [-0.15, -0.1) is 0 Å². The van der Waals surface area contributed by atoms with Gasteiger partial charge >= 0.3 is 6.18 Å². The number of rotatable bonds is 0. The molecule has 0 aliphatic carbocycles. The molecule has 0 saturated carbocycles. The van der Waals surface area contributed by atoms with Crippen molar-refractivity contribution in [1.29, 1.82) is 0 Å². The van der Waals surface area contributed by atoms with Crippen molar-refractivity contribution in [3.8, 4) is 0 Å². The lowest BCUT2D eigenvalue weighted by Crippen LogP contribution is -2.17. The molecular weight excluding hydrogens is 215 g/mol. The Balaban J connectivity index is 3.53. The third-order valence-corrected chi connectivity index (χ3v) is 1.88. The van der Waals surface area contributed by atoms with E-state index in [4.69, 9.17) is 11.6 Å². The van der Waals surface area contributed by atoms with Gasteiger partial charge in [0.2, 0.25) is 0 Å². The summed E-state index contributed by atoms with van der Waals surface area (Å²) in [5.74, 6) is 0. The Labute approximate surface area is 83.9 Å². The number of hydrogen-bond donors (Lipinski definition) is 0. The van der Waals surface area contributed by atoms with Crippen molar-refractivity contribution < 1.29 is 13.2 Å². The standard InChI is InChI=1S/C9H7ClF3N/c1-14-8-5-3-6(10)2-4-7(8)9(11,12)13/h2-5H,1H3. The van der Waals surface area contributed by atoms with Crippen LogP contribution in [-0.2, 0) is 6.18 Å². The molecule has 0 N–H and O–H groups in total. The molecule has 0 unspecified atom stereocenters. The van der Waals surface area contributed by atoms with Crippen LogP contribution in [0.1, 0.15) is 5.56 Å². The van der Waals surface area contributed by atoms with E-state index in [1.54, 1.807) is 0 Å². The molecule has 14 heavy (non-hydrogen) atoms. The minimum atomic E-state index is -4.41. The van der Waals surface area contributed by atoms with Crippen molar-refractivity contribution >= 4 is 11.6 Å². The summed E-state index contributed by atoms with van der Waals surface area (Å²) >= 11 is 5.57. The molecule has 1 aromatic carbocycles. The molecule has 0 amide bonds. The van der Waals surface area contributed by atoms with Crippen molar-refractivity contribution in [1.82, 2.24) is 0 Å². The number of halogens is 4. The molecule has 0 atom stereocenters. The summed E-state index contributed by atoms with van der Waals surface area (Å²) in [6, 6.07) is 4.73. The van der Waals surface area contributed by atoms with Crippen molar-refractivity contribution in [2.45, 2.75) is 6.18 Å². The first-order valence-corrected chi connectivity index (χ1v) is 4.13. The van der Waals surface area contributed by atoms with Crippen LogP contribution < -0.4 is 5.36 Å². The van der Waals surface area contributed by atoms with Gasteiger partial charge in [0.25, 0.3) is 0 Å². The molecular formula is C9H7ClF3N. The third-order valence-electron chi connectivity index (χ3n) is 1.63. The highest BCUT2D eigenvalue weighted by Gasteiger charge is 2.31. The van der Waals surface area contributed by atoms with Crippen molar-refractivity contribution in [2.75, 3.05) is 7.05 Å². The molecule has 0 spiro atoms. The Morgan fingerprint density at radius 3 is 2.21 bits per heavy atom. The highest BCUT2D eigenvalue weighted by Crippen LogP contribution is 2.26. The minimum absolute atomic E-state index is 0.121. The predicted octanol–water partition coefficient (Wildman–Crippen LogP) is 2.89. The van der Waals surface area contributed by atoms with E-state index in [-0.39, 0.29) is 10.4 Å². The molecule has 0 heterocycles. The van der Waals surface area contributed by atoms with Gasteiger partial charge in [-0.05, 0) is 24.3 Å². The van der Waals surface area contributed by atoms with Crippen molar-refractivity contribution in [3.05, 3.63) is 40.2 Å². The van der Waals surface area contributed by atoms with Gasteiger partial charge in [0.1, 0.15) is 0 Å². The monoisotopic (exact) mass is 221 g/mol. The summed E-state index contributed by atoms with van der Waals surface area (Å²) in [4.78, 5) is 3.54. The Morgan fingerprint density at radius 1 is 1.14 bits per heavy atom. The van der Waals surface area contributed by atoms with Crippen molar-refractivity contribution in [2.24, 2.45) is 4.99 Å². The van der Waals surface area contributed by atoms with Crippen LogP contribution in [0.3, 0.4) is 0 Å². The SMILES string of the molecule is CN=c1ccc(Cl)ccc1C(F)(F)F. The van der Waals surface area contributed by atoms with Crippen LogP contribution in [0.2, 0.25) is 5.02 Å². The quantitative estimate of drug-likeness (QED) is 0.639. The molecule has 0 radical (unpaired) electrons. The Morgan fingerprint density at radius 2 is 1.71 bits per heavy atom. The smallest absolute Gasteiger partial charge is 0.288 e. The first-order valence-electron chi connectivity index (χ1n) is 3.75. The van der Waals surface area contributed by atoms with Gasteiger partial charge in [0.15, 0.2) is 0 Å². The fraction of sp³-hybridized carbons (Fsp3) is 0.222. The summed E-state index contributed by atoms with van der Waals surface area (Å²) in [7, 11) is 1.30. The number of alkyl halides is 3. The maximum absolute atomic E-state index is 12.4. The van der Waals surface area contributed by atoms with Crippen LogP contribution in [0.25, 0.3) is 0 Å². The molecule has 0 saturated heterocycles. The summed E-state index contributed by atoms with van der Waals surface area (Å²) in [5.41, 5.74) is -0.785. The van der Waals surface area contributed by atoms with E-state index in [0.29, 0.717) is 0 Å². The van der Waals surface area contributed by atoms with Crippen LogP contribution in [0, 0.1) is 0 Å². The van der Waals surface area contributed by atoms with Gasteiger partial charge in [-0.2, -0.15) is 13.2 Å². The lowest BCUT2D eigenvalue weighted by atomic mass is 10.2. The molecule has 0 aromatic heterocycles. The number of nitrogens with zero attached hydrogens (tertiary/aromatic N) is 1. The van der Waals surface area contributed by atoms with E-state index in [2.05, 4.69) is 4.99 Å². The Bertz CT molecular complexity index is 398. The van der Waals surface area contributed by atoms with Crippen molar-refractivity contribution in [3.63, 3.8) is 0 Å². The molecule has 0 aliphatic rings.